The van der Waals surface area contributed by atoms with Crippen LogP contribution < -0.4 is 5.32 Å². The van der Waals surface area contributed by atoms with E-state index in [1.807, 2.05) is 56.3 Å². The number of hydrogen-bond acceptors (Lipinski definition) is 3. The zero-order chi connectivity index (χ0) is 19.8. The van der Waals surface area contributed by atoms with Crippen LogP contribution in [0.5, 0.6) is 0 Å². The van der Waals surface area contributed by atoms with Gasteiger partial charge in [0, 0.05) is 23.0 Å². The third-order valence-electron chi connectivity index (χ3n) is 4.14. The number of halogens is 1. The molecule has 0 aromatic heterocycles. The molecule has 6 heteroatoms. The summed E-state index contributed by atoms with van der Waals surface area (Å²) in [5.41, 5.74) is 2.07. The molecule has 4 nitrogen and oxygen atoms in total. The Hall–Kier alpha value is -1.98. The van der Waals surface area contributed by atoms with Crippen molar-refractivity contribution in [2.24, 2.45) is 0 Å². The molecule has 0 aliphatic heterocycles. The Morgan fingerprint density at radius 1 is 1.19 bits per heavy atom. The van der Waals surface area contributed by atoms with Gasteiger partial charge in [-0.3, -0.25) is 9.59 Å². The van der Waals surface area contributed by atoms with Gasteiger partial charge in [0.2, 0.25) is 11.8 Å². The number of amides is 2. The van der Waals surface area contributed by atoms with Gasteiger partial charge in [0.15, 0.2) is 0 Å². The van der Waals surface area contributed by atoms with E-state index < -0.39 is 6.04 Å². The molecule has 0 bridgehead atoms. The maximum Gasteiger partial charge on any atom is 0.242 e. The minimum atomic E-state index is -0.560. The van der Waals surface area contributed by atoms with Crippen molar-refractivity contribution in [2.45, 2.75) is 38.3 Å². The summed E-state index contributed by atoms with van der Waals surface area (Å²) in [5, 5.41) is 3.40. The summed E-state index contributed by atoms with van der Waals surface area (Å²) in [7, 11) is 0. The highest BCUT2D eigenvalue weighted by molar-refractivity contribution is 8.00. The molecular formula is C21H25ClN2O2S. The highest BCUT2D eigenvalue weighted by atomic mass is 35.5. The molecule has 0 spiro atoms. The van der Waals surface area contributed by atoms with Gasteiger partial charge in [-0.15, -0.1) is 11.8 Å². The zero-order valence-corrected chi connectivity index (χ0v) is 17.4. The van der Waals surface area contributed by atoms with Gasteiger partial charge in [-0.2, -0.15) is 0 Å². The summed E-state index contributed by atoms with van der Waals surface area (Å²) < 4.78 is 0. The quantitative estimate of drug-likeness (QED) is 0.667. The Balaban J connectivity index is 2.12. The molecule has 0 radical (unpaired) electrons. The van der Waals surface area contributed by atoms with Gasteiger partial charge < -0.3 is 10.2 Å². The van der Waals surface area contributed by atoms with E-state index in [4.69, 9.17) is 11.6 Å². The van der Waals surface area contributed by atoms with E-state index in [0.29, 0.717) is 18.1 Å². The van der Waals surface area contributed by atoms with Crippen molar-refractivity contribution in [3.63, 3.8) is 0 Å². The first kappa shape index (κ1) is 21.3. The maximum atomic E-state index is 12.9. The molecule has 2 aromatic rings. The lowest BCUT2D eigenvalue weighted by atomic mass is 10.1. The largest absolute Gasteiger partial charge is 0.355 e. The number of hydrogen-bond donors (Lipinski definition) is 1. The van der Waals surface area contributed by atoms with Crippen LogP contribution in [0.2, 0.25) is 5.02 Å². The van der Waals surface area contributed by atoms with E-state index in [1.165, 1.54) is 17.3 Å². The van der Waals surface area contributed by atoms with Crippen LogP contribution in [0.3, 0.4) is 0 Å². The molecule has 0 fully saturated rings. The van der Waals surface area contributed by atoms with Crippen molar-refractivity contribution >= 4 is 35.2 Å². The minimum absolute atomic E-state index is 0.0840. The number of rotatable bonds is 8. The van der Waals surface area contributed by atoms with Gasteiger partial charge in [-0.05, 0) is 50.6 Å². The van der Waals surface area contributed by atoms with Gasteiger partial charge in [0.1, 0.15) is 6.04 Å². The van der Waals surface area contributed by atoms with E-state index in [9.17, 15) is 9.59 Å². The topological polar surface area (TPSA) is 49.4 Å². The molecule has 0 saturated carbocycles. The first-order valence-corrected chi connectivity index (χ1v) is 10.3. The number of thioether (sulfide) groups is 1. The van der Waals surface area contributed by atoms with Crippen molar-refractivity contribution in [3.8, 4) is 0 Å². The Labute approximate surface area is 170 Å². The molecule has 144 valence electrons. The molecule has 1 atom stereocenters. The maximum absolute atomic E-state index is 12.9. The fourth-order valence-electron chi connectivity index (χ4n) is 2.60. The van der Waals surface area contributed by atoms with Crippen molar-refractivity contribution in [1.29, 1.82) is 0 Å². The average molecular weight is 405 g/mol. The normalized spacial score (nSPS) is 11.7. The Bertz CT molecular complexity index is 780. The number of benzene rings is 2. The van der Waals surface area contributed by atoms with Gasteiger partial charge >= 0.3 is 0 Å². The second-order valence-electron chi connectivity index (χ2n) is 6.32. The van der Waals surface area contributed by atoms with Crippen LogP contribution >= 0.6 is 23.4 Å². The summed E-state index contributed by atoms with van der Waals surface area (Å²) in [4.78, 5) is 27.9. The fourth-order valence-corrected chi connectivity index (χ4v) is 3.60. The van der Waals surface area contributed by atoms with Crippen molar-refractivity contribution in [3.05, 3.63) is 64.7 Å². The summed E-state index contributed by atoms with van der Waals surface area (Å²) in [5.74, 6) is 0.0282. The molecule has 27 heavy (non-hydrogen) atoms. The minimum Gasteiger partial charge on any atom is -0.355 e. The molecule has 0 aliphatic carbocycles. The van der Waals surface area contributed by atoms with E-state index in [2.05, 4.69) is 5.32 Å². The van der Waals surface area contributed by atoms with Crippen LogP contribution in [0, 0.1) is 6.92 Å². The van der Waals surface area contributed by atoms with Crippen LogP contribution in [0.4, 0.5) is 0 Å². The monoisotopic (exact) mass is 404 g/mol. The highest BCUT2D eigenvalue weighted by Crippen LogP contribution is 2.21. The molecular weight excluding hydrogens is 380 g/mol. The second-order valence-corrected chi connectivity index (χ2v) is 7.81. The average Bonchev–Trinajstić information content (AvgIpc) is 2.65. The number of nitrogens with zero attached hydrogens (tertiary/aromatic N) is 1. The van der Waals surface area contributed by atoms with Gasteiger partial charge in [-0.1, -0.05) is 41.4 Å². The smallest absolute Gasteiger partial charge is 0.242 e. The summed E-state index contributed by atoms with van der Waals surface area (Å²) >= 11 is 7.54. The Morgan fingerprint density at radius 3 is 2.52 bits per heavy atom. The van der Waals surface area contributed by atoms with Crippen molar-refractivity contribution in [2.75, 3.05) is 12.3 Å². The van der Waals surface area contributed by atoms with E-state index in [0.717, 1.165) is 10.5 Å². The SMILES string of the molecule is CCNC(=O)[C@@H](C)N(Cc1cccc(Cl)c1)C(=O)CSc1ccc(C)cc1. The molecule has 2 amide bonds. The standard InChI is InChI=1S/C21H25ClN2O2S/c1-4-23-21(26)16(3)24(13-17-6-5-7-18(22)12-17)20(25)14-27-19-10-8-15(2)9-11-19/h5-12,16H,4,13-14H2,1-3H3,(H,23,26)/t16-/m1/s1. The summed E-state index contributed by atoms with van der Waals surface area (Å²) in [6, 6.07) is 14.8. The van der Waals surface area contributed by atoms with Crippen LogP contribution in [0.1, 0.15) is 25.0 Å². The van der Waals surface area contributed by atoms with Crippen molar-refractivity contribution < 1.29 is 9.59 Å². The number of likely N-dealkylation sites (N-methyl/N-ethyl adjacent to an activating group) is 1. The van der Waals surface area contributed by atoms with Gasteiger partial charge in [0.25, 0.3) is 0 Å². The Kier molecular flexibility index (Phi) is 8.20. The third-order valence-corrected chi connectivity index (χ3v) is 5.38. The predicted molar refractivity (Wildman–Crippen MR) is 112 cm³/mol. The first-order valence-electron chi connectivity index (χ1n) is 8.91. The predicted octanol–water partition coefficient (Wildman–Crippen LogP) is 4.29. The third kappa shape index (κ3) is 6.60. The van der Waals surface area contributed by atoms with Crippen molar-refractivity contribution in [1.82, 2.24) is 10.2 Å². The molecule has 2 aromatic carbocycles. The van der Waals surface area contributed by atoms with Gasteiger partial charge in [0.05, 0.1) is 5.75 Å². The summed E-state index contributed by atoms with van der Waals surface area (Å²) in [6.07, 6.45) is 0. The molecule has 0 heterocycles. The number of nitrogens with one attached hydrogen (secondary N) is 1. The highest BCUT2D eigenvalue weighted by Gasteiger charge is 2.25. The van der Waals surface area contributed by atoms with E-state index in [-0.39, 0.29) is 17.6 Å². The molecule has 2 rings (SSSR count). The number of carbonyl (C=O) groups excluding carboxylic acids is 2. The summed E-state index contributed by atoms with van der Waals surface area (Å²) in [6.45, 7) is 6.51. The molecule has 0 unspecified atom stereocenters. The van der Waals surface area contributed by atoms with E-state index in [1.54, 1.807) is 17.9 Å². The lowest BCUT2D eigenvalue weighted by molar-refractivity contribution is -0.138. The lowest BCUT2D eigenvalue weighted by Crippen LogP contribution is -2.48. The van der Waals surface area contributed by atoms with Gasteiger partial charge in [-0.25, -0.2) is 0 Å². The number of carbonyl (C=O) groups is 2. The lowest BCUT2D eigenvalue weighted by Gasteiger charge is -2.28. The second kappa shape index (κ2) is 10.4. The van der Waals surface area contributed by atoms with E-state index >= 15 is 0 Å². The molecule has 0 aliphatic rings. The number of aryl methyl sites for hydroxylation is 1. The van der Waals surface area contributed by atoms with Crippen LogP contribution in [-0.4, -0.2) is 35.1 Å². The molecule has 0 saturated heterocycles. The Morgan fingerprint density at radius 2 is 1.89 bits per heavy atom. The first-order chi connectivity index (χ1) is 12.9. The fraction of sp³-hybridized carbons (Fsp3) is 0.333. The van der Waals surface area contributed by atoms with Crippen LogP contribution in [0.25, 0.3) is 0 Å². The zero-order valence-electron chi connectivity index (χ0n) is 15.9. The van der Waals surface area contributed by atoms with Crippen LogP contribution in [0.15, 0.2) is 53.4 Å². The van der Waals surface area contributed by atoms with Crippen LogP contribution in [-0.2, 0) is 16.1 Å². The molecule has 1 N–H and O–H groups in total.